The van der Waals surface area contributed by atoms with E-state index in [4.69, 9.17) is 14.4 Å². The van der Waals surface area contributed by atoms with Gasteiger partial charge in [0.05, 0.1) is 39.7 Å². The molecule has 3 aromatic heterocycles. The lowest BCUT2D eigenvalue weighted by atomic mass is 9.96. The Kier molecular flexibility index (Phi) is 6.80. The molecule has 0 fully saturated rings. The Balaban J connectivity index is 1.17. The zero-order chi connectivity index (χ0) is 34.6. The van der Waals surface area contributed by atoms with Crippen LogP contribution in [0.4, 0.5) is 0 Å². The smallest absolute Gasteiger partial charge is 0.160 e. The van der Waals surface area contributed by atoms with E-state index in [1.807, 2.05) is 72.8 Å². The molecule has 0 amide bonds. The molecule has 0 N–H and O–H groups in total. The number of fused-ring (bicyclic) bond motifs is 6. The van der Waals surface area contributed by atoms with Crippen LogP contribution in [0.5, 0.6) is 0 Å². The Labute approximate surface area is 299 Å². The van der Waals surface area contributed by atoms with Crippen LogP contribution in [0.1, 0.15) is 5.56 Å². The SMILES string of the molecule is N#Cc1cccc(-n2c3ccccc3c3ccccc32)c1-c1ccc2oc3ccc(-c4nc(-c5ccccc5)cc(-c5ccccc5)n4)cc3c2c1. The summed E-state index contributed by atoms with van der Waals surface area (Å²) in [4.78, 5) is 10.1. The van der Waals surface area contributed by atoms with Gasteiger partial charge < -0.3 is 8.98 Å². The fraction of sp³-hybridized carbons (Fsp3) is 0. The Bertz CT molecular complexity index is 2910. The van der Waals surface area contributed by atoms with Crippen molar-refractivity contribution in [2.24, 2.45) is 0 Å². The molecule has 242 valence electrons. The van der Waals surface area contributed by atoms with Crippen molar-refractivity contribution < 1.29 is 4.42 Å². The number of aromatic nitrogens is 3. The minimum absolute atomic E-state index is 0.603. The van der Waals surface area contributed by atoms with Crippen LogP contribution in [0.2, 0.25) is 0 Å². The first-order chi connectivity index (χ1) is 25.7. The average Bonchev–Trinajstić information content (AvgIpc) is 3.76. The molecule has 5 heteroatoms. The maximum absolute atomic E-state index is 10.5. The third kappa shape index (κ3) is 4.78. The molecule has 0 atom stereocenters. The van der Waals surface area contributed by atoms with Gasteiger partial charge in [-0.3, -0.25) is 0 Å². The summed E-state index contributed by atoms with van der Waals surface area (Å²) < 4.78 is 8.66. The van der Waals surface area contributed by atoms with Crippen LogP contribution in [0, 0.1) is 11.3 Å². The second kappa shape index (κ2) is 11.9. The molecule has 3 heterocycles. The van der Waals surface area contributed by atoms with Gasteiger partial charge in [0.25, 0.3) is 0 Å². The highest BCUT2D eigenvalue weighted by molar-refractivity contribution is 6.11. The summed E-state index contributed by atoms with van der Waals surface area (Å²) in [5.41, 5.74) is 11.7. The van der Waals surface area contributed by atoms with E-state index in [1.54, 1.807) is 0 Å². The first-order valence-corrected chi connectivity index (χ1v) is 17.2. The van der Waals surface area contributed by atoms with Crippen LogP contribution in [0.25, 0.3) is 94.5 Å². The lowest BCUT2D eigenvalue weighted by Crippen LogP contribution is -1.99. The summed E-state index contributed by atoms with van der Waals surface area (Å²) in [5, 5.41) is 14.7. The maximum Gasteiger partial charge on any atom is 0.160 e. The van der Waals surface area contributed by atoms with Crippen molar-refractivity contribution in [1.82, 2.24) is 14.5 Å². The van der Waals surface area contributed by atoms with Crippen molar-refractivity contribution >= 4 is 43.7 Å². The number of benzene rings is 7. The van der Waals surface area contributed by atoms with Gasteiger partial charge in [-0.15, -0.1) is 0 Å². The summed E-state index contributed by atoms with van der Waals surface area (Å²) in [7, 11) is 0. The van der Waals surface area contributed by atoms with E-state index >= 15 is 0 Å². The summed E-state index contributed by atoms with van der Waals surface area (Å²) in [6, 6.07) is 60.1. The zero-order valence-corrected chi connectivity index (χ0v) is 27.9. The molecule has 0 saturated carbocycles. The molecule has 52 heavy (non-hydrogen) atoms. The monoisotopic (exact) mass is 664 g/mol. The molecule has 0 radical (unpaired) electrons. The fourth-order valence-corrected chi connectivity index (χ4v) is 7.47. The fourth-order valence-electron chi connectivity index (χ4n) is 7.47. The lowest BCUT2D eigenvalue weighted by molar-refractivity contribution is 0.669. The van der Waals surface area contributed by atoms with Crippen molar-refractivity contribution in [1.29, 1.82) is 5.26 Å². The Hall–Kier alpha value is -7.29. The van der Waals surface area contributed by atoms with Crippen LogP contribution in [0.15, 0.2) is 174 Å². The highest BCUT2D eigenvalue weighted by Crippen LogP contribution is 2.40. The predicted octanol–water partition coefficient (Wildman–Crippen LogP) is 12.0. The summed E-state index contributed by atoms with van der Waals surface area (Å²) in [5.74, 6) is 0.635. The van der Waals surface area contributed by atoms with Crippen LogP contribution >= 0.6 is 0 Å². The van der Waals surface area contributed by atoms with Crippen LogP contribution in [-0.2, 0) is 0 Å². The van der Waals surface area contributed by atoms with Gasteiger partial charge in [0, 0.05) is 43.8 Å². The summed E-state index contributed by atoms with van der Waals surface area (Å²) >= 11 is 0. The third-order valence-electron chi connectivity index (χ3n) is 9.87. The highest BCUT2D eigenvalue weighted by Gasteiger charge is 2.20. The summed E-state index contributed by atoms with van der Waals surface area (Å²) in [6.07, 6.45) is 0. The van der Waals surface area contributed by atoms with Gasteiger partial charge in [0.15, 0.2) is 5.82 Å². The molecule has 0 spiro atoms. The quantitative estimate of drug-likeness (QED) is 0.184. The van der Waals surface area contributed by atoms with Crippen molar-refractivity contribution in [3.63, 3.8) is 0 Å². The Morgan fingerprint density at radius 3 is 1.60 bits per heavy atom. The normalized spacial score (nSPS) is 11.4. The second-order valence-electron chi connectivity index (χ2n) is 12.9. The van der Waals surface area contributed by atoms with Gasteiger partial charge in [-0.25, -0.2) is 9.97 Å². The zero-order valence-electron chi connectivity index (χ0n) is 27.9. The predicted molar refractivity (Wildman–Crippen MR) is 210 cm³/mol. The van der Waals surface area contributed by atoms with E-state index in [0.717, 1.165) is 77.9 Å². The number of furan rings is 1. The van der Waals surface area contributed by atoms with E-state index in [0.29, 0.717) is 11.4 Å². The maximum atomic E-state index is 10.5. The molecular formula is C47H28N4O. The van der Waals surface area contributed by atoms with Crippen molar-refractivity contribution in [3.8, 4) is 56.8 Å². The topological polar surface area (TPSA) is 67.6 Å². The standard InChI is InChI=1S/C47H28N4O/c48-29-34-16-11-21-43(51-41-19-9-7-17-35(41)36-18-8-10-20-42(36)51)46(34)32-22-24-44-37(26-32)38-27-33(23-25-45(38)52-44)47-49-39(30-12-3-1-4-13-30)28-40(50-47)31-14-5-2-6-15-31/h1-28H. The second-order valence-corrected chi connectivity index (χ2v) is 12.9. The van der Waals surface area contributed by atoms with Crippen LogP contribution in [0.3, 0.4) is 0 Å². The number of rotatable bonds is 5. The molecule has 10 rings (SSSR count). The lowest BCUT2D eigenvalue weighted by Gasteiger charge is -2.15. The molecule has 10 aromatic rings. The molecule has 7 aromatic carbocycles. The van der Waals surface area contributed by atoms with Gasteiger partial charge in [-0.05, 0) is 66.2 Å². The third-order valence-corrected chi connectivity index (χ3v) is 9.87. The van der Waals surface area contributed by atoms with E-state index in [1.165, 1.54) is 10.8 Å². The Morgan fingerprint density at radius 2 is 1.00 bits per heavy atom. The minimum atomic E-state index is 0.603. The highest BCUT2D eigenvalue weighted by atomic mass is 16.3. The van der Waals surface area contributed by atoms with E-state index in [9.17, 15) is 5.26 Å². The van der Waals surface area contributed by atoms with Crippen molar-refractivity contribution in [3.05, 3.63) is 175 Å². The number of hydrogen-bond acceptors (Lipinski definition) is 4. The number of nitriles is 1. The Morgan fingerprint density at radius 1 is 0.462 bits per heavy atom. The first kappa shape index (κ1) is 29.6. The van der Waals surface area contributed by atoms with Gasteiger partial charge in [-0.2, -0.15) is 5.26 Å². The molecule has 0 saturated heterocycles. The molecular weight excluding hydrogens is 637 g/mol. The average molecular weight is 665 g/mol. The largest absolute Gasteiger partial charge is 0.456 e. The number of para-hydroxylation sites is 2. The van der Waals surface area contributed by atoms with Crippen LogP contribution < -0.4 is 0 Å². The van der Waals surface area contributed by atoms with Crippen LogP contribution in [-0.4, -0.2) is 14.5 Å². The number of hydrogen-bond donors (Lipinski definition) is 0. The molecule has 0 aliphatic rings. The molecule has 0 bridgehead atoms. The van der Waals surface area contributed by atoms with Gasteiger partial charge in [0.2, 0.25) is 0 Å². The summed E-state index contributed by atoms with van der Waals surface area (Å²) in [6.45, 7) is 0. The van der Waals surface area contributed by atoms with E-state index in [2.05, 4.69) is 108 Å². The van der Waals surface area contributed by atoms with Gasteiger partial charge in [-0.1, -0.05) is 109 Å². The minimum Gasteiger partial charge on any atom is -0.456 e. The molecule has 5 nitrogen and oxygen atoms in total. The van der Waals surface area contributed by atoms with Gasteiger partial charge in [0.1, 0.15) is 11.2 Å². The van der Waals surface area contributed by atoms with Gasteiger partial charge >= 0.3 is 0 Å². The van der Waals surface area contributed by atoms with E-state index < -0.39 is 0 Å². The molecule has 0 aliphatic carbocycles. The first-order valence-electron chi connectivity index (χ1n) is 17.2. The van der Waals surface area contributed by atoms with Crippen molar-refractivity contribution in [2.75, 3.05) is 0 Å². The molecule has 0 aliphatic heterocycles. The van der Waals surface area contributed by atoms with E-state index in [-0.39, 0.29) is 0 Å². The van der Waals surface area contributed by atoms with Crippen molar-refractivity contribution in [2.45, 2.75) is 0 Å². The number of nitrogens with zero attached hydrogens (tertiary/aromatic N) is 4. The molecule has 0 unspecified atom stereocenters.